The topological polar surface area (TPSA) is 79.0 Å². The normalized spacial score (nSPS) is 13.1. The van der Waals surface area contributed by atoms with Crippen molar-refractivity contribution >= 4 is 11.5 Å². The third-order valence-electron chi connectivity index (χ3n) is 3.08. The Morgan fingerprint density at radius 3 is 3.00 bits per heavy atom. The predicted molar refractivity (Wildman–Crippen MR) is 71.7 cm³/mol. The summed E-state index contributed by atoms with van der Waals surface area (Å²) in [6.07, 6.45) is 0. The Hall–Kier alpha value is -2.34. The minimum atomic E-state index is -0.347. The Morgan fingerprint density at radius 1 is 1.32 bits per heavy atom. The van der Waals surface area contributed by atoms with Crippen LogP contribution in [0.2, 0.25) is 0 Å². The van der Waals surface area contributed by atoms with Crippen molar-refractivity contribution in [2.75, 3.05) is 12.4 Å². The molecule has 0 atom stereocenters. The second kappa shape index (κ2) is 4.74. The van der Waals surface area contributed by atoms with Gasteiger partial charge in [0, 0.05) is 24.3 Å². The van der Waals surface area contributed by atoms with Crippen LogP contribution in [0, 0.1) is 0 Å². The number of aromatic amines is 1. The van der Waals surface area contributed by atoms with Crippen molar-refractivity contribution in [3.05, 3.63) is 46.0 Å². The fraction of sp³-hybridized carbons (Fsp3) is 0.231. The summed E-state index contributed by atoms with van der Waals surface area (Å²) in [4.78, 5) is 18.3. The van der Waals surface area contributed by atoms with Crippen LogP contribution in [-0.4, -0.2) is 17.1 Å². The van der Waals surface area contributed by atoms with E-state index in [0.717, 1.165) is 16.9 Å². The summed E-state index contributed by atoms with van der Waals surface area (Å²) in [5.74, 6) is 1.29. The first-order valence-corrected chi connectivity index (χ1v) is 6.01. The fourth-order valence-electron chi connectivity index (χ4n) is 2.18. The van der Waals surface area contributed by atoms with E-state index >= 15 is 0 Å². The van der Waals surface area contributed by atoms with Gasteiger partial charge in [0.2, 0.25) is 0 Å². The van der Waals surface area contributed by atoms with Gasteiger partial charge in [-0.2, -0.15) is 4.98 Å². The molecule has 0 spiro atoms. The monoisotopic (exact) mass is 258 g/mol. The van der Waals surface area contributed by atoms with Crippen molar-refractivity contribution in [1.29, 1.82) is 0 Å². The van der Waals surface area contributed by atoms with Crippen molar-refractivity contribution in [1.82, 2.24) is 15.3 Å². The number of benzene rings is 1. The lowest BCUT2D eigenvalue weighted by Crippen LogP contribution is -2.16. The first kappa shape index (κ1) is 11.7. The van der Waals surface area contributed by atoms with Gasteiger partial charge in [0.15, 0.2) is 0 Å². The number of nitrogens with one attached hydrogen (secondary N) is 3. The minimum Gasteiger partial charge on any atom is -0.495 e. The first-order chi connectivity index (χ1) is 9.28. The quantitative estimate of drug-likeness (QED) is 0.769. The highest BCUT2D eigenvalue weighted by Gasteiger charge is 2.18. The van der Waals surface area contributed by atoms with Gasteiger partial charge < -0.3 is 20.4 Å². The van der Waals surface area contributed by atoms with Gasteiger partial charge in [0.25, 0.3) is 0 Å². The molecule has 0 saturated heterocycles. The molecule has 19 heavy (non-hydrogen) atoms. The molecule has 0 aliphatic carbocycles. The van der Waals surface area contributed by atoms with Crippen LogP contribution < -0.4 is 21.1 Å². The maximum Gasteiger partial charge on any atom is 0.347 e. The number of rotatable bonds is 3. The molecule has 0 bridgehead atoms. The van der Waals surface area contributed by atoms with Crippen LogP contribution in [-0.2, 0) is 13.1 Å². The molecular weight excluding hydrogens is 244 g/mol. The highest BCUT2D eigenvalue weighted by Crippen LogP contribution is 2.28. The highest BCUT2D eigenvalue weighted by molar-refractivity contribution is 5.66. The summed E-state index contributed by atoms with van der Waals surface area (Å²) in [6.45, 7) is 1.35. The maximum atomic E-state index is 11.5. The molecule has 0 saturated carbocycles. The van der Waals surface area contributed by atoms with Crippen LogP contribution in [0.5, 0.6) is 5.75 Å². The largest absolute Gasteiger partial charge is 0.495 e. The number of methoxy groups -OCH3 is 1. The second-order valence-corrected chi connectivity index (χ2v) is 4.28. The lowest BCUT2D eigenvalue weighted by molar-refractivity contribution is 0.417. The fourth-order valence-corrected chi connectivity index (χ4v) is 2.18. The second-order valence-electron chi connectivity index (χ2n) is 4.28. The van der Waals surface area contributed by atoms with E-state index in [9.17, 15) is 4.79 Å². The average molecular weight is 258 g/mol. The summed E-state index contributed by atoms with van der Waals surface area (Å²) < 4.78 is 5.28. The Labute approximate surface area is 109 Å². The van der Waals surface area contributed by atoms with Gasteiger partial charge in [0.05, 0.1) is 12.8 Å². The van der Waals surface area contributed by atoms with E-state index in [1.54, 1.807) is 7.11 Å². The summed E-state index contributed by atoms with van der Waals surface area (Å²) in [6, 6.07) is 7.53. The zero-order valence-corrected chi connectivity index (χ0v) is 10.5. The van der Waals surface area contributed by atoms with Crippen molar-refractivity contribution in [2.24, 2.45) is 0 Å². The summed E-state index contributed by atoms with van der Waals surface area (Å²) >= 11 is 0. The van der Waals surface area contributed by atoms with Crippen molar-refractivity contribution < 1.29 is 4.74 Å². The molecule has 2 heterocycles. The Morgan fingerprint density at radius 2 is 2.16 bits per heavy atom. The molecule has 1 aromatic heterocycles. The SMILES string of the molecule is COc1ccccc1Nc1nc(=O)[nH]c2c1CNC2. The minimum absolute atomic E-state index is 0.347. The Bertz CT molecular complexity index is 666. The predicted octanol–water partition coefficient (Wildman–Crippen LogP) is 1.13. The summed E-state index contributed by atoms with van der Waals surface area (Å²) in [5, 5.41) is 6.36. The Kier molecular flexibility index (Phi) is 2.92. The number of hydrogen-bond donors (Lipinski definition) is 3. The maximum absolute atomic E-state index is 11.5. The van der Waals surface area contributed by atoms with Gasteiger partial charge >= 0.3 is 5.69 Å². The van der Waals surface area contributed by atoms with E-state index in [2.05, 4.69) is 20.6 Å². The lowest BCUT2D eigenvalue weighted by Gasteiger charge is -2.12. The molecule has 0 radical (unpaired) electrons. The summed E-state index contributed by atoms with van der Waals surface area (Å²) in [5.41, 5.74) is 2.32. The van der Waals surface area contributed by atoms with E-state index in [1.807, 2.05) is 24.3 Å². The molecule has 98 valence electrons. The lowest BCUT2D eigenvalue weighted by atomic mass is 10.2. The number of para-hydroxylation sites is 2. The van der Waals surface area contributed by atoms with Crippen molar-refractivity contribution in [3.63, 3.8) is 0 Å². The smallest absolute Gasteiger partial charge is 0.347 e. The van der Waals surface area contributed by atoms with Crippen LogP contribution in [0.4, 0.5) is 11.5 Å². The van der Waals surface area contributed by atoms with Crippen LogP contribution >= 0.6 is 0 Å². The number of hydrogen-bond acceptors (Lipinski definition) is 5. The van der Waals surface area contributed by atoms with Gasteiger partial charge in [-0.25, -0.2) is 4.79 Å². The number of fused-ring (bicyclic) bond motifs is 1. The molecule has 3 N–H and O–H groups in total. The molecule has 0 amide bonds. The van der Waals surface area contributed by atoms with E-state index in [4.69, 9.17) is 4.74 Å². The standard InChI is InChI=1S/C13H14N4O2/c1-19-11-5-3-2-4-9(11)15-12-8-6-14-7-10(8)16-13(18)17-12/h2-5,14H,6-7H2,1H3,(H2,15,16,17,18). The molecule has 6 nitrogen and oxygen atoms in total. The van der Waals surface area contributed by atoms with Gasteiger partial charge in [-0.05, 0) is 12.1 Å². The molecule has 1 aliphatic heterocycles. The number of H-pyrrole nitrogens is 1. The Balaban J connectivity index is 2.02. The highest BCUT2D eigenvalue weighted by atomic mass is 16.5. The molecule has 3 rings (SSSR count). The van der Waals surface area contributed by atoms with Gasteiger partial charge in [-0.1, -0.05) is 12.1 Å². The summed E-state index contributed by atoms with van der Waals surface area (Å²) in [7, 11) is 1.61. The first-order valence-electron chi connectivity index (χ1n) is 6.01. The van der Waals surface area contributed by atoms with Crippen molar-refractivity contribution in [3.8, 4) is 5.75 Å². The molecule has 0 unspecified atom stereocenters. The van der Waals surface area contributed by atoms with Gasteiger partial charge in [-0.15, -0.1) is 0 Å². The van der Waals surface area contributed by atoms with Gasteiger partial charge in [-0.3, -0.25) is 0 Å². The van der Waals surface area contributed by atoms with E-state index in [1.165, 1.54) is 0 Å². The molecule has 0 fully saturated rings. The molecule has 6 heteroatoms. The third-order valence-corrected chi connectivity index (χ3v) is 3.08. The molecular formula is C13H14N4O2. The average Bonchev–Trinajstić information content (AvgIpc) is 2.87. The molecule has 2 aromatic rings. The zero-order valence-electron chi connectivity index (χ0n) is 10.5. The van der Waals surface area contributed by atoms with Crippen LogP contribution in [0.25, 0.3) is 0 Å². The number of aromatic nitrogens is 2. The van der Waals surface area contributed by atoms with E-state index < -0.39 is 0 Å². The molecule has 1 aromatic carbocycles. The zero-order chi connectivity index (χ0) is 13.2. The van der Waals surface area contributed by atoms with Crippen molar-refractivity contribution in [2.45, 2.75) is 13.1 Å². The number of anilines is 2. The van der Waals surface area contributed by atoms with Crippen LogP contribution in [0.15, 0.2) is 29.1 Å². The van der Waals surface area contributed by atoms with E-state index in [0.29, 0.717) is 24.7 Å². The number of ether oxygens (including phenoxy) is 1. The van der Waals surface area contributed by atoms with Crippen LogP contribution in [0.3, 0.4) is 0 Å². The van der Waals surface area contributed by atoms with Gasteiger partial charge in [0.1, 0.15) is 11.6 Å². The van der Waals surface area contributed by atoms with Crippen LogP contribution in [0.1, 0.15) is 11.3 Å². The van der Waals surface area contributed by atoms with E-state index in [-0.39, 0.29) is 5.69 Å². The third kappa shape index (κ3) is 2.17. The molecule has 1 aliphatic rings. The number of nitrogens with zero attached hydrogens (tertiary/aromatic N) is 1.